The van der Waals surface area contributed by atoms with E-state index in [4.69, 9.17) is 11.6 Å². The van der Waals surface area contributed by atoms with Crippen molar-refractivity contribution < 1.29 is 4.79 Å². The molecule has 1 fully saturated rings. The van der Waals surface area contributed by atoms with Gasteiger partial charge in [0.15, 0.2) is 0 Å². The first kappa shape index (κ1) is 15.8. The van der Waals surface area contributed by atoms with E-state index < -0.39 is 5.41 Å². The van der Waals surface area contributed by atoms with E-state index in [9.17, 15) is 4.79 Å². The maximum Gasteiger partial charge on any atom is 0.230 e. The van der Waals surface area contributed by atoms with E-state index in [1.165, 1.54) is 0 Å². The zero-order valence-electron chi connectivity index (χ0n) is 11.8. The molecule has 2 rings (SSSR count). The molecule has 0 radical (unpaired) electrons. The second-order valence-electron chi connectivity index (χ2n) is 5.84. The number of halogens is 2. The maximum atomic E-state index is 12.6. The van der Waals surface area contributed by atoms with Crippen LogP contribution >= 0.6 is 27.5 Å². The minimum absolute atomic E-state index is 0.0235. The smallest absolute Gasteiger partial charge is 0.230 e. The van der Waals surface area contributed by atoms with Gasteiger partial charge in [-0.1, -0.05) is 41.4 Å². The lowest BCUT2D eigenvalue weighted by Crippen LogP contribution is -2.44. The number of hydrogen-bond donors (Lipinski definition) is 2. The zero-order valence-corrected chi connectivity index (χ0v) is 14.1. The number of amides is 1. The summed E-state index contributed by atoms with van der Waals surface area (Å²) in [6, 6.07) is 5.47. The topological polar surface area (TPSA) is 41.1 Å². The van der Waals surface area contributed by atoms with Crippen LogP contribution in [0.4, 0.5) is 5.69 Å². The van der Waals surface area contributed by atoms with Gasteiger partial charge in [0.25, 0.3) is 0 Å². The lowest BCUT2D eigenvalue weighted by molar-refractivity contribution is -0.127. The monoisotopic (exact) mass is 358 g/mol. The largest absolute Gasteiger partial charge is 0.324 e. The Balaban J connectivity index is 2.09. The molecule has 1 heterocycles. The van der Waals surface area contributed by atoms with E-state index in [2.05, 4.69) is 26.6 Å². The van der Waals surface area contributed by atoms with Gasteiger partial charge >= 0.3 is 0 Å². The fourth-order valence-electron chi connectivity index (χ4n) is 2.53. The molecular formula is C15H20BrClN2O. The molecule has 1 aliphatic heterocycles. The van der Waals surface area contributed by atoms with E-state index >= 15 is 0 Å². The van der Waals surface area contributed by atoms with Gasteiger partial charge < -0.3 is 10.6 Å². The van der Waals surface area contributed by atoms with Crippen LogP contribution in [-0.2, 0) is 4.79 Å². The van der Waals surface area contributed by atoms with Crippen molar-refractivity contribution >= 4 is 39.1 Å². The average molecular weight is 360 g/mol. The summed E-state index contributed by atoms with van der Waals surface area (Å²) >= 11 is 9.51. The Morgan fingerprint density at radius 2 is 2.25 bits per heavy atom. The van der Waals surface area contributed by atoms with Crippen LogP contribution < -0.4 is 10.6 Å². The number of carbonyl (C=O) groups is 1. The van der Waals surface area contributed by atoms with E-state index in [-0.39, 0.29) is 5.91 Å². The molecule has 1 amide bonds. The molecule has 1 aliphatic rings. The standard InChI is InChI=1S/C15H20BrClN2O/c1-15(2,10-4-3-7-18-9-10)14(20)19-13-6-5-11(16)8-12(13)17/h5-6,8,10,18H,3-4,7,9H2,1-2H3,(H,19,20). The molecule has 20 heavy (non-hydrogen) atoms. The Morgan fingerprint density at radius 3 is 2.85 bits per heavy atom. The summed E-state index contributed by atoms with van der Waals surface area (Å²) in [7, 11) is 0. The van der Waals surface area contributed by atoms with Crippen LogP contribution in [0.15, 0.2) is 22.7 Å². The molecule has 110 valence electrons. The highest BCUT2D eigenvalue weighted by Gasteiger charge is 2.37. The van der Waals surface area contributed by atoms with Crippen LogP contribution in [0.2, 0.25) is 5.02 Å². The molecule has 0 aliphatic carbocycles. The molecule has 5 heteroatoms. The summed E-state index contributed by atoms with van der Waals surface area (Å²) in [4.78, 5) is 12.6. The summed E-state index contributed by atoms with van der Waals surface area (Å²) in [5, 5.41) is 6.87. The van der Waals surface area contributed by atoms with E-state index in [1.54, 1.807) is 6.07 Å². The quantitative estimate of drug-likeness (QED) is 0.854. The highest BCUT2D eigenvalue weighted by Crippen LogP contribution is 2.34. The van der Waals surface area contributed by atoms with Crippen LogP contribution in [-0.4, -0.2) is 19.0 Å². The predicted octanol–water partition coefficient (Wildman–Crippen LogP) is 4.07. The molecule has 0 aromatic heterocycles. The van der Waals surface area contributed by atoms with Gasteiger partial charge in [-0.05, 0) is 50.0 Å². The minimum atomic E-state index is -0.413. The average Bonchev–Trinajstić information content (AvgIpc) is 2.42. The minimum Gasteiger partial charge on any atom is -0.324 e. The summed E-state index contributed by atoms with van der Waals surface area (Å²) in [6.45, 7) is 5.96. The van der Waals surface area contributed by atoms with Crippen molar-refractivity contribution in [2.75, 3.05) is 18.4 Å². The molecule has 1 saturated heterocycles. The van der Waals surface area contributed by atoms with Crippen molar-refractivity contribution in [1.29, 1.82) is 0 Å². The van der Waals surface area contributed by atoms with Crippen LogP contribution in [0.3, 0.4) is 0 Å². The molecule has 1 atom stereocenters. The van der Waals surface area contributed by atoms with Crippen molar-refractivity contribution in [2.45, 2.75) is 26.7 Å². The number of rotatable bonds is 3. The Kier molecular flexibility index (Phi) is 5.10. The lowest BCUT2D eigenvalue weighted by Gasteiger charge is -2.36. The van der Waals surface area contributed by atoms with Crippen molar-refractivity contribution in [3.63, 3.8) is 0 Å². The van der Waals surface area contributed by atoms with Gasteiger partial charge in [-0.25, -0.2) is 0 Å². The zero-order chi connectivity index (χ0) is 14.8. The van der Waals surface area contributed by atoms with E-state index in [0.29, 0.717) is 16.6 Å². The van der Waals surface area contributed by atoms with Gasteiger partial charge in [0.1, 0.15) is 0 Å². The molecule has 1 unspecified atom stereocenters. The van der Waals surface area contributed by atoms with Crippen LogP contribution in [0.5, 0.6) is 0 Å². The predicted molar refractivity (Wildman–Crippen MR) is 87.2 cm³/mol. The summed E-state index contributed by atoms with van der Waals surface area (Å²) < 4.78 is 0.899. The number of anilines is 1. The number of nitrogens with one attached hydrogen (secondary N) is 2. The fourth-order valence-corrected chi connectivity index (χ4v) is 3.25. The van der Waals surface area contributed by atoms with Gasteiger partial charge in [-0.3, -0.25) is 4.79 Å². The molecule has 0 spiro atoms. The SMILES string of the molecule is CC(C)(C(=O)Nc1ccc(Br)cc1Cl)C1CCCNC1. The first-order chi connectivity index (χ1) is 9.41. The number of hydrogen-bond acceptors (Lipinski definition) is 2. The summed E-state index contributed by atoms with van der Waals surface area (Å²) in [6.07, 6.45) is 2.21. The molecule has 3 nitrogen and oxygen atoms in total. The van der Waals surface area contributed by atoms with Crippen LogP contribution in [0.1, 0.15) is 26.7 Å². The highest BCUT2D eigenvalue weighted by molar-refractivity contribution is 9.10. The third-order valence-electron chi connectivity index (χ3n) is 4.08. The highest BCUT2D eigenvalue weighted by atomic mass is 79.9. The third-order valence-corrected chi connectivity index (χ3v) is 4.89. The third kappa shape index (κ3) is 3.54. The first-order valence-corrected chi connectivity index (χ1v) is 8.05. The second kappa shape index (κ2) is 6.46. The van der Waals surface area contributed by atoms with Gasteiger partial charge in [-0.2, -0.15) is 0 Å². The number of piperidine rings is 1. The normalized spacial score (nSPS) is 19.7. The van der Waals surface area contributed by atoms with Crippen molar-refractivity contribution in [1.82, 2.24) is 5.32 Å². The molecular weight excluding hydrogens is 340 g/mol. The van der Waals surface area contributed by atoms with Crippen molar-refractivity contribution in [2.24, 2.45) is 11.3 Å². The number of benzene rings is 1. The lowest BCUT2D eigenvalue weighted by atomic mass is 9.74. The summed E-state index contributed by atoms with van der Waals surface area (Å²) in [5.41, 5.74) is 0.251. The molecule has 0 saturated carbocycles. The molecule has 2 N–H and O–H groups in total. The van der Waals surface area contributed by atoms with Crippen LogP contribution in [0.25, 0.3) is 0 Å². The maximum absolute atomic E-state index is 12.6. The Bertz CT molecular complexity index is 499. The summed E-state index contributed by atoms with van der Waals surface area (Å²) in [5.74, 6) is 0.376. The van der Waals surface area contributed by atoms with Gasteiger partial charge in [0.2, 0.25) is 5.91 Å². The van der Waals surface area contributed by atoms with Crippen LogP contribution in [0, 0.1) is 11.3 Å². The van der Waals surface area contributed by atoms with Crippen molar-refractivity contribution in [3.05, 3.63) is 27.7 Å². The second-order valence-corrected chi connectivity index (χ2v) is 7.17. The van der Waals surface area contributed by atoms with Crippen molar-refractivity contribution in [3.8, 4) is 0 Å². The van der Waals surface area contributed by atoms with Gasteiger partial charge in [0, 0.05) is 9.89 Å². The van der Waals surface area contributed by atoms with E-state index in [1.807, 2.05) is 26.0 Å². The van der Waals surface area contributed by atoms with Gasteiger partial charge in [-0.15, -0.1) is 0 Å². The molecule has 0 bridgehead atoms. The Hall–Kier alpha value is -0.580. The molecule has 1 aromatic rings. The molecule has 1 aromatic carbocycles. The Labute approximate surface area is 133 Å². The van der Waals surface area contributed by atoms with Gasteiger partial charge in [0.05, 0.1) is 10.7 Å². The van der Waals surface area contributed by atoms with E-state index in [0.717, 1.165) is 30.4 Å². The first-order valence-electron chi connectivity index (χ1n) is 6.88. The number of carbonyl (C=O) groups excluding carboxylic acids is 1. The Morgan fingerprint density at radius 1 is 1.50 bits per heavy atom. The fraction of sp³-hybridized carbons (Fsp3) is 0.533.